The first kappa shape index (κ1) is 23.1. The molecule has 0 aliphatic carbocycles. The molecule has 0 bridgehead atoms. The van der Waals surface area contributed by atoms with Crippen LogP contribution in [-0.2, 0) is 6.54 Å². The molecule has 8 heteroatoms. The second kappa shape index (κ2) is 9.05. The number of Topliss-reactive ketones (excluding diaryl/α,β-unsaturated/α-hetero) is 1. The third-order valence-corrected chi connectivity index (χ3v) is 5.78. The smallest absolute Gasteiger partial charge is 0.253 e. The summed E-state index contributed by atoms with van der Waals surface area (Å²) in [6, 6.07) is 10.8. The number of rotatable bonds is 6. The molecule has 0 unspecified atom stereocenters. The number of aryl methyl sites for hydroxylation is 2. The van der Waals surface area contributed by atoms with E-state index in [9.17, 15) is 14.4 Å². The maximum absolute atomic E-state index is 13.3. The Labute approximate surface area is 197 Å². The summed E-state index contributed by atoms with van der Waals surface area (Å²) < 4.78 is 1.76. The fraction of sp³-hybridized carbons (Fsp3) is 0.269. The molecule has 0 fully saturated rings. The Bertz CT molecular complexity index is 1480. The number of carbonyl (C=O) groups is 2. The molecule has 0 spiro atoms. The second-order valence-electron chi connectivity index (χ2n) is 8.74. The minimum absolute atomic E-state index is 0.0356. The minimum Gasteiger partial charge on any atom is -0.348 e. The van der Waals surface area contributed by atoms with E-state index in [1.54, 1.807) is 35.1 Å². The predicted molar refractivity (Wildman–Crippen MR) is 131 cm³/mol. The average Bonchev–Trinajstić information content (AvgIpc) is 3.22. The Hall–Kier alpha value is -4.07. The molecule has 0 aliphatic heterocycles. The van der Waals surface area contributed by atoms with E-state index < -0.39 is 0 Å². The van der Waals surface area contributed by atoms with Crippen LogP contribution < -0.4 is 10.9 Å². The van der Waals surface area contributed by atoms with Crippen LogP contribution in [0, 0.1) is 13.8 Å². The Kier molecular flexibility index (Phi) is 6.15. The molecule has 0 saturated carbocycles. The maximum Gasteiger partial charge on any atom is 0.253 e. The van der Waals surface area contributed by atoms with E-state index in [2.05, 4.69) is 15.4 Å². The van der Waals surface area contributed by atoms with Crippen molar-refractivity contribution in [3.8, 4) is 11.3 Å². The van der Waals surface area contributed by atoms with Crippen molar-refractivity contribution in [1.29, 1.82) is 0 Å². The van der Waals surface area contributed by atoms with Crippen molar-refractivity contribution in [3.05, 3.63) is 80.9 Å². The number of aromatic nitrogens is 4. The normalized spacial score (nSPS) is 11.2. The van der Waals surface area contributed by atoms with Crippen molar-refractivity contribution in [2.75, 3.05) is 0 Å². The summed E-state index contributed by atoms with van der Waals surface area (Å²) in [6.07, 6.45) is 1.64. The first-order valence-corrected chi connectivity index (χ1v) is 11.1. The van der Waals surface area contributed by atoms with E-state index in [1.165, 1.54) is 6.92 Å². The van der Waals surface area contributed by atoms with Gasteiger partial charge in [-0.15, -0.1) is 0 Å². The number of benzene rings is 1. The zero-order valence-electron chi connectivity index (χ0n) is 19.9. The van der Waals surface area contributed by atoms with Gasteiger partial charge < -0.3 is 10.3 Å². The number of ketones is 1. The van der Waals surface area contributed by atoms with Gasteiger partial charge in [0.25, 0.3) is 11.5 Å². The van der Waals surface area contributed by atoms with Crippen LogP contribution in [0.25, 0.3) is 22.3 Å². The molecular formula is C26H27N5O3. The number of hydrogen-bond donors (Lipinski definition) is 2. The van der Waals surface area contributed by atoms with Gasteiger partial charge in [0.15, 0.2) is 11.4 Å². The van der Waals surface area contributed by atoms with Crippen molar-refractivity contribution >= 4 is 22.7 Å². The van der Waals surface area contributed by atoms with Crippen LogP contribution >= 0.6 is 0 Å². The van der Waals surface area contributed by atoms with Crippen LogP contribution in [0.1, 0.15) is 64.3 Å². The van der Waals surface area contributed by atoms with E-state index in [1.807, 2.05) is 39.8 Å². The topological polar surface area (TPSA) is 110 Å². The van der Waals surface area contributed by atoms with E-state index >= 15 is 0 Å². The van der Waals surface area contributed by atoms with E-state index in [-0.39, 0.29) is 29.8 Å². The molecule has 1 amide bonds. The number of aromatic amines is 1. The summed E-state index contributed by atoms with van der Waals surface area (Å²) in [5.41, 5.74) is 4.72. The van der Waals surface area contributed by atoms with Crippen molar-refractivity contribution in [2.24, 2.45) is 0 Å². The van der Waals surface area contributed by atoms with Crippen molar-refractivity contribution in [3.63, 3.8) is 0 Å². The summed E-state index contributed by atoms with van der Waals surface area (Å²) in [5.74, 6) is -0.383. The fourth-order valence-corrected chi connectivity index (χ4v) is 3.99. The molecule has 4 aromatic rings. The molecule has 1 aromatic carbocycles. The molecule has 2 N–H and O–H groups in total. The van der Waals surface area contributed by atoms with Gasteiger partial charge in [0.05, 0.1) is 22.8 Å². The predicted octanol–water partition coefficient (Wildman–Crippen LogP) is 4.12. The summed E-state index contributed by atoms with van der Waals surface area (Å²) in [5, 5.41) is 7.93. The fourth-order valence-electron chi connectivity index (χ4n) is 3.99. The van der Waals surface area contributed by atoms with Crippen LogP contribution in [0.4, 0.5) is 0 Å². The zero-order valence-corrected chi connectivity index (χ0v) is 19.9. The molecule has 4 rings (SSSR count). The molecule has 0 saturated heterocycles. The highest BCUT2D eigenvalue weighted by Gasteiger charge is 2.19. The van der Waals surface area contributed by atoms with Crippen LogP contribution in [0.5, 0.6) is 0 Å². The minimum atomic E-state index is -0.334. The number of nitrogens with one attached hydrogen (secondary N) is 2. The molecule has 3 heterocycles. The van der Waals surface area contributed by atoms with Crippen LogP contribution in [0.15, 0.2) is 47.4 Å². The Morgan fingerprint density at radius 2 is 1.91 bits per heavy atom. The molecule has 8 nitrogen and oxygen atoms in total. The van der Waals surface area contributed by atoms with Crippen LogP contribution in [0.3, 0.4) is 0 Å². The number of fused-ring (bicyclic) bond motifs is 1. The summed E-state index contributed by atoms with van der Waals surface area (Å²) >= 11 is 0. The number of pyridine rings is 2. The van der Waals surface area contributed by atoms with Gasteiger partial charge in [0.2, 0.25) is 0 Å². The van der Waals surface area contributed by atoms with Crippen LogP contribution in [0.2, 0.25) is 0 Å². The van der Waals surface area contributed by atoms with Gasteiger partial charge in [-0.05, 0) is 58.4 Å². The highest BCUT2D eigenvalue weighted by Crippen LogP contribution is 2.27. The number of hydrogen-bond acceptors (Lipinski definition) is 5. The SMILES string of the molecule is CC(=O)c1cccc(-c2cc(C(=O)NCc3c(C)cc(C)[nH]c3=O)c3cnn(C(C)C)c3n2)c1. The molecule has 0 radical (unpaired) electrons. The van der Waals surface area contributed by atoms with Gasteiger partial charge in [0, 0.05) is 35.0 Å². The van der Waals surface area contributed by atoms with Gasteiger partial charge in [-0.2, -0.15) is 5.10 Å². The molecule has 0 aliphatic rings. The lowest BCUT2D eigenvalue weighted by Gasteiger charge is -2.12. The lowest BCUT2D eigenvalue weighted by molar-refractivity contribution is 0.0951. The van der Waals surface area contributed by atoms with Crippen molar-refractivity contribution < 1.29 is 9.59 Å². The van der Waals surface area contributed by atoms with Crippen molar-refractivity contribution in [1.82, 2.24) is 25.1 Å². The number of amides is 1. The first-order valence-electron chi connectivity index (χ1n) is 11.1. The summed E-state index contributed by atoms with van der Waals surface area (Å²) in [6.45, 7) is 9.25. The Morgan fingerprint density at radius 1 is 1.15 bits per heavy atom. The summed E-state index contributed by atoms with van der Waals surface area (Å²) in [4.78, 5) is 45.1. The van der Waals surface area contributed by atoms with E-state index in [4.69, 9.17) is 4.98 Å². The Morgan fingerprint density at radius 3 is 2.59 bits per heavy atom. The monoisotopic (exact) mass is 457 g/mol. The van der Waals surface area contributed by atoms with Gasteiger partial charge >= 0.3 is 0 Å². The number of nitrogens with zero attached hydrogens (tertiary/aromatic N) is 3. The van der Waals surface area contributed by atoms with Gasteiger partial charge in [-0.25, -0.2) is 9.67 Å². The third kappa shape index (κ3) is 4.39. The molecule has 3 aromatic heterocycles. The lowest BCUT2D eigenvalue weighted by atomic mass is 10.0. The third-order valence-electron chi connectivity index (χ3n) is 5.78. The van der Waals surface area contributed by atoms with Crippen molar-refractivity contribution in [2.45, 2.75) is 47.2 Å². The largest absolute Gasteiger partial charge is 0.348 e. The first-order chi connectivity index (χ1) is 16.2. The molecular weight excluding hydrogens is 430 g/mol. The molecule has 0 atom stereocenters. The average molecular weight is 458 g/mol. The summed E-state index contributed by atoms with van der Waals surface area (Å²) in [7, 11) is 0. The van der Waals surface area contributed by atoms with Gasteiger partial charge in [0.1, 0.15) is 0 Å². The second-order valence-corrected chi connectivity index (χ2v) is 8.74. The molecule has 34 heavy (non-hydrogen) atoms. The number of carbonyl (C=O) groups excluding carboxylic acids is 2. The zero-order chi connectivity index (χ0) is 24.6. The highest BCUT2D eigenvalue weighted by atomic mass is 16.2. The van der Waals surface area contributed by atoms with E-state index in [0.29, 0.717) is 33.4 Å². The highest BCUT2D eigenvalue weighted by molar-refractivity contribution is 6.06. The number of H-pyrrole nitrogens is 1. The molecule has 174 valence electrons. The van der Waals surface area contributed by atoms with Gasteiger partial charge in [-0.1, -0.05) is 18.2 Å². The standard InChI is InChI=1S/C26H27N5O3/c1-14(2)31-24-22(13-28-31)20(11-23(30-24)19-8-6-7-18(10-19)17(5)32)25(33)27-12-21-15(3)9-16(4)29-26(21)34/h6-11,13-14H,12H2,1-5H3,(H,27,33)(H,29,34). The Balaban J connectivity index is 1.78. The van der Waals surface area contributed by atoms with E-state index in [0.717, 1.165) is 16.8 Å². The lowest BCUT2D eigenvalue weighted by Crippen LogP contribution is -2.28. The quantitative estimate of drug-likeness (QED) is 0.423. The maximum atomic E-state index is 13.3. The van der Waals surface area contributed by atoms with Crippen LogP contribution in [-0.4, -0.2) is 31.4 Å². The van der Waals surface area contributed by atoms with Gasteiger partial charge in [-0.3, -0.25) is 14.4 Å².